The zero-order valence-electron chi connectivity index (χ0n) is 12.6. The van der Waals surface area contributed by atoms with Gasteiger partial charge in [0.05, 0.1) is 17.5 Å². The van der Waals surface area contributed by atoms with Crippen LogP contribution >= 0.6 is 15.9 Å². The second-order valence-corrected chi connectivity index (χ2v) is 7.15. The van der Waals surface area contributed by atoms with Crippen molar-refractivity contribution in [2.75, 3.05) is 7.11 Å². The second kappa shape index (κ2) is 6.37. The highest BCUT2D eigenvalue weighted by Crippen LogP contribution is 2.49. The van der Waals surface area contributed by atoms with Crippen LogP contribution in [0.25, 0.3) is 0 Å². The van der Waals surface area contributed by atoms with Gasteiger partial charge in [-0.1, -0.05) is 0 Å². The number of aliphatic carboxylic acids is 1. The van der Waals surface area contributed by atoms with Gasteiger partial charge in [0, 0.05) is 17.7 Å². The van der Waals surface area contributed by atoms with Gasteiger partial charge in [-0.3, -0.25) is 10.1 Å². The molecule has 2 fully saturated rings. The normalized spacial score (nSPS) is 30.4. The summed E-state index contributed by atoms with van der Waals surface area (Å²) in [6.45, 7) is 0. The predicted octanol–water partition coefficient (Wildman–Crippen LogP) is 2.68. The molecule has 0 aromatic heterocycles. The van der Waals surface area contributed by atoms with E-state index in [-0.39, 0.29) is 28.1 Å². The third-order valence-corrected chi connectivity index (χ3v) is 5.73. The van der Waals surface area contributed by atoms with Crippen molar-refractivity contribution in [3.8, 4) is 5.75 Å². The maximum atomic E-state index is 13.6. The predicted molar refractivity (Wildman–Crippen MR) is 84.5 cm³/mol. The number of fused-ring (bicyclic) bond motifs is 2. The fourth-order valence-corrected chi connectivity index (χ4v) is 4.45. The lowest BCUT2D eigenvalue weighted by Gasteiger charge is -2.31. The average Bonchev–Trinajstić information content (AvgIpc) is 3.10. The lowest BCUT2D eigenvalue weighted by atomic mass is 9.84. The average molecular weight is 388 g/mol. The first-order chi connectivity index (χ1) is 10.9. The van der Waals surface area contributed by atoms with Gasteiger partial charge in [-0.25, -0.2) is 4.39 Å². The van der Waals surface area contributed by atoms with Gasteiger partial charge >= 0.3 is 5.97 Å². The maximum Gasteiger partial charge on any atom is 0.308 e. The van der Waals surface area contributed by atoms with E-state index in [1.807, 2.05) is 0 Å². The summed E-state index contributed by atoms with van der Waals surface area (Å²) in [7, 11) is 1.40. The number of aliphatic hydroxyl groups is 1. The molecule has 0 saturated heterocycles. The van der Waals surface area contributed by atoms with E-state index in [1.165, 1.54) is 19.2 Å². The third kappa shape index (κ3) is 2.97. The van der Waals surface area contributed by atoms with E-state index in [1.54, 1.807) is 0 Å². The van der Waals surface area contributed by atoms with E-state index in [4.69, 9.17) is 4.74 Å². The van der Waals surface area contributed by atoms with Crippen LogP contribution in [0.1, 0.15) is 31.1 Å². The van der Waals surface area contributed by atoms with E-state index in [0.29, 0.717) is 5.56 Å². The number of carboxylic acids is 1. The Labute approximate surface area is 142 Å². The minimum atomic E-state index is -1.12. The summed E-state index contributed by atoms with van der Waals surface area (Å²) in [6.07, 6.45) is 1.67. The highest BCUT2D eigenvalue weighted by atomic mass is 79.9. The van der Waals surface area contributed by atoms with Crippen LogP contribution in [0.3, 0.4) is 0 Å². The van der Waals surface area contributed by atoms with Crippen molar-refractivity contribution in [2.45, 2.75) is 31.5 Å². The number of aliphatic hydroxyl groups excluding tert-OH is 1. The Balaban J connectivity index is 1.83. The second-order valence-electron chi connectivity index (χ2n) is 6.30. The zero-order valence-corrected chi connectivity index (χ0v) is 14.2. The molecule has 1 aromatic carbocycles. The van der Waals surface area contributed by atoms with Crippen LogP contribution in [0.4, 0.5) is 4.39 Å². The number of ether oxygens (including phenoxy) is 1. The number of nitrogens with one attached hydrogen (secondary N) is 1. The molecule has 2 aliphatic rings. The Hall–Kier alpha value is -1.18. The molecule has 1 aromatic rings. The first kappa shape index (κ1) is 16.7. The number of hydrogen-bond acceptors (Lipinski definition) is 4. The van der Waals surface area contributed by atoms with Gasteiger partial charge in [-0.05, 0) is 53.1 Å². The molecular formula is C16H19BrFNO4. The molecule has 2 aliphatic carbocycles. The minimum absolute atomic E-state index is 0.170. The molecule has 0 heterocycles. The topological polar surface area (TPSA) is 78.8 Å². The highest BCUT2D eigenvalue weighted by Gasteiger charge is 2.51. The lowest BCUT2D eigenvalue weighted by molar-refractivity contribution is -0.144. The van der Waals surface area contributed by atoms with Gasteiger partial charge in [0.15, 0.2) is 0 Å². The Kier molecular flexibility index (Phi) is 4.62. The fraction of sp³-hybridized carbons (Fsp3) is 0.562. The van der Waals surface area contributed by atoms with Gasteiger partial charge in [-0.2, -0.15) is 0 Å². The number of rotatable bonds is 5. The summed E-state index contributed by atoms with van der Waals surface area (Å²) in [6, 6.07) is 2.36. The van der Waals surface area contributed by atoms with Crippen LogP contribution < -0.4 is 10.1 Å². The summed E-state index contributed by atoms with van der Waals surface area (Å²) in [5.74, 6) is -1.15. The van der Waals surface area contributed by atoms with Crippen LogP contribution in [-0.4, -0.2) is 29.3 Å². The molecule has 3 rings (SSSR count). The SMILES string of the molecule is COc1cc(F)c(Br)cc1C(O)N[C@@H]1[C@H]2CC[C@H](C2)[C@@H]1C(=O)O. The molecule has 0 radical (unpaired) electrons. The van der Waals surface area contributed by atoms with Crippen LogP contribution in [0.2, 0.25) is 0 Å². The number of carboxylic acid groups (broad SMARTS) is 1. The quantitative estimate of drug-likeness (QED) is 0.676. The molecule has 23 heavy (non-hydrogen) atoms. The molecule has 0 spiro atoms. The molecule has 126 valence electrons. The molecule has 2 saturated carbocycles. The number of benzene rings is 1. The van der Waals surface area contributed by atoms with E-state index >= 15 is 0 Å². The Morgan fingerprint density at radius 2 is 2.13 bits per heavy atom. The smallest absolute Gasteiger partial charge is 0.308 e. The lowest BCUT2D eigenvalue weighted by Crippen LogP contribution is -2.45. The van der Waals surface area contributed by atoms with E-state index in [9.17, 15) is 19.4 Å². The van der Waals surface area contributed by atoms with Crippen molar-refractivity contribution in [1.29, 1.82) is 0 Å². The molecule has 0 aliphatic heterocycles. The van der Waals surface area contributed by atoms with Gasteiger partial charge in [0.1, 0.15) is 17.8 Å². The Morgan fingerprint density at radius 1 is 1.43 bits per heavy atom. The molecule has 7 heteroatoms. The summed E-state index contributed by atoms with van der Waals surface area (Å²) < 4.78 is 18.9. The van der Waals surface area contributed by atoms with Crippen molar-refractivity contribution < 1.29 is 24.1 Å². The van der Waals surface area contributed by atoms with Crippen molar-refractivity contribution in [2.24, 2.45) is 17.8 Å². The molecule has 5 atom stereocenters. The maximum absolute atomic E-state index is 13.6. The van der Waals surface area contributed by atoms with Gasteiger partial charge < -0.3 is 14.9 Å². The monoisotopic (exact) mass is 387 g/mol. The van der Waals surface area contributed by atoms with Crippen molar-refractivity contribution in [1.82, 2.24) is 5.32 Å². The molecule has 1 unspecified atom stereocenters. The molecule has 5 nitrogen and oxygen atoms in total. The van der Waals surface area contributed by atoms with Crippen LogP contribution in [0.15, 0.2) is 16.6 Å². The molecular weight excluding hydrogens is 369 g/mol. The Bertz CT molecular complexity index is 626. The zero-order chi connectivity index (χ0) is 16.7. The van der Waals surface area contributed by atoms with Gasteiger partial charge in [0.25, 0.3) is 0 Å². The largest absolute Gasteiger partial charge is 0.496 e. The number of methoxy groups -OCH3 is 1. The number of hydrogen-bond donors (Lipinski definition) is 3. The summed E-state index contributed by atoms with van der Waals surface area (Å²) in [5, 5.41) is 23.0. The Morgan fingerprint density at radius 3 is 2.78 bits per heavy atom. The van der Waals surface area contributed by atoms with E-state index in [2.05, 4.69) is 21.2 Å². The summed E-state index contributed by atoms with van der Waals surface area (Å²) in [5.41, 5.74) is 0.382. The van der Waals surface area contributed by atoms with Crippen LogP contribution in [0.5, 0.6) is 5.75 Å². The molecule has 3 N–H and O–H groups in total. The summed E-state index contributed by atoms with van der Waals surface area (Å²) in [4.78, 5) is 11.5. The van der Waals surface area contributed by atoms with Crippen molar-refractivity contribution >= 4 is 21.9 Å². The number of halogens is 2. The van der Waals surface area contributed by atoms with Crippen LogP contribution in [0, 0.1) is 23.6 Å². The summed E-state index contributed by atoms with van der Waals surface area (Å²) >= 11 is 3.09. The van der Waals surface area contributed by atoms with Gasteiger partial charge in [-0.15, -0.1) is 0 Å². The first-order valence-corrected chi connectivity index (χ1v) is 8.41. The first-order valence-electron chi connectivity index (χ1n) is 7.62. The highest BCUT2D eigenvalue weighted by molar-refractivity contribution is 9.10. The van der Waals surface area contributed by atoms with Crippen molar-refractivity contribution in [3.63, 3.8) is 0 Å². The van der Waals surface area contributed by atoms with E-state index < -0.39 is 23.9 Å². The van der Waals surface area contributed by atoms with Gasteiger partial charge in [0.2, 0.25) is 0 Å². The third-order valence-electron chi connectivity index (χ3n) is 5.12. The number of carbonyl (C=O) groups is 1. The van der Waals surface area contributed by atoms with Crippen molar-refractivity contribution in [3.05, 3.63) is 28.0 Å². The van der Waals surface area contributed by atoms with E-state index in [0.717, 1.165) is 19.3 Å². The standard InChI is InChI=1S/C16H19BrFNO4/c1-23-12-6-11(18)10(17)5-9(12)15(20)19-14-8-3-2-7(4-8)13(14)16(21)22/h5-8,13-15,19-20H,2-4H2,1H3,(H,21,22)/t7-,8+,13+,14-,15?/m1/s1. The molecule has 0 amide bonds. The fourth-order valence-electron chi connectivity index (χ4n) is 4.09. The minimum Gasteiger partial charge on any atom is -0.496 e. The molecule has 2 bridgehead atoms. The van der Waals surface area contributed by atoms with Crippen LogP contribution in [-0.2, 0) is 4.79 Å².